The Labute approximate surface area is 70.1 Å². The van der Waals surface area contributed by atoms with Crippen LogP contribution in [0.15, 0.2) is 29.4 Å². The highest BCUT2D eigenvalue weighted by atomic mass is 16.3. The standard InChI is InChI=1S/C8H9N3O/c1-6(12)7-4-2-3-5-8(7)10-11-9/h2-6,12H,1H3. The molecule has 62 valence electrons. The Kier molecular flexibility index (Phi) is 2.69. The molecular weight excluding hydrogens is 154 g/mol. The summed E-state index contributed by atoms with van der Waals surface area (Å²) in [6.07, 6.45) is -0.605. The van der Waals surface area contributed by atoms with Gasteiger partial charge < -0.3 is 5.11 Å². The second-order valence-electron chi connectivity index (χ2n) is 2.42. The third-order valence-corrected chi connectivity index (χ3v) is 1.54. The van der Waals surface area contributed by atoms with E-state index in [1.165, 1.54) is 0 Å². The van der Waals surface area contributed by atoms with Crippen LogP contribution in [0.4, 0.5) is 5.69 Å². The number of aliphatic hydroxyl groups excluding tert-OH is 1. The Balaban J connectivity index is 3.17. The molecule has 0 aliphatic heterocycles. The lowest BCUT2D eigenvalue weighted by Crippen LogP contribution is -1.89. The summed E-state index contributed by atoms with van der Waals surface area (Å²) in [6.45, 7) is 1.63. The lowest BCUT2D eigenvalue weighted by molar-refractivity contribution is 0.200. The van der Waals surface area contributed by atoms with E-state index in [1.54, 1.807) is 31.2 Å². The maximum Gasteiger partial charge on any atom is 0.0766 e. The van der Waals surface area contributed by atoms with Crippen molar-refractivity contribution < 1.29 is 5.11 Å². The largest absolute Gasteiger partial charge is 0.389 e. The number of nitrogens with zero attached hydrogens (tertiary/aromatic N) is 3. The van der Waals surface area contributed by atoms with Gasteiger partial charge in [0.15, 0.2) is 0 Å². The molecule has 12 heavy (non-hydrogen) atoms. The fraction of sp³-hybridized carbons (Fsp3) is 0.250. The highest BCUT2D eigenvalue weighted by Gasteiger charge is 2.03. The number of rotatable bonds is 2. The molecule has 0 saturated carbocycles. The predicted molar refractivity (Wildman–Crippen MR) is 45.9 cm³/mol. The van der Waals surface area contributed by atoms with Crippen LogP contribution in [0.1, 0.15) is 18.6 Å². The Hall–Kier alpha value is -1.51. The van der Waals surface area contributed by atoms with Crippen molar-refractivity contribution in [1.82, 2.24) is 0 Å². The Morgan fingerprint density at radius 2 is 2.17 bits per heavy atom. The highest BCUT2D eigenvalue weighted by Crippen LogP contribution is 2.24. The number of hydrogen-bond acceptors (Lipinski definition) is 2. The van der Waals surface area contributed by atoms with Gasteiger partial charge >= 0.3 is 0 Å². The molecule has 0 radical (unpaired) electrons. The lowest BCUT2D eigenvalue weighted by Gasteiger charge is -2.06. The van der Waals surface area contributed by atoms with Crippen LogP contribution in [0, 0.1) is 0 Å². The van der Waals surface area contributed by atoms with Gasteiger partial charge in [-0.3, -0.25) is 0 Å². The number of aliphatic hydroxyl groups is 1. The van der Waals surface area contributed by atoms with Crippen molar-refractivity contribution in [2.75, 3.05) is 0 Å². The van der Waals surface area contributed by atoms with Gasteiger partial charge in [-0.15, -0.1) is 0 Å². The molecule has 0 amide bonds. The van der Waals surface area contributed by atoms with E-state index in [4.69, 9.17) is 5.53 Å². The van der Waals surface area contributed by atoms with Crippen LogP contribution in [-0.2, 0) is 0 Å². The molecule has 1 atom stereocenters. The molecule has 0 aliphatic carbocycles. The first-order valence-electron chi connectivity index (χ1n) is 3.58. The van der Waals surface area contributed by atoms with Crippen LogP contribution in [0.25, 0.3) is 10.4 Å². The number of benzene rings is 1. The van der Waals surface area contributed by atoms with Crippen molar-refractivity contribution in [2.24, 2.45) is 5.11 Å². The fourth-order valence-corrected chi connectivity index (χ4v) is 0.980. The Bertz CT molecular complexity index is 316. The molecule has 0 bridgehead atoms. The van der Waals surface area contributed by atoms with E-state index in [0.717, 1.165) is 0 Å². The first kappa shape index (κ1) is 8.59. The molecule has 0 aromatic heterocycles. The Morgan fingerprint density at radius 1 is 1.50 bits per heavy atom. The first-order chi connectivity index (χ1) is 5.75. The van der Waals surface area contributed by atoms with Crippen LogP contribution < -0.4 is 0 Å². The third-order valence-electron chi connectivity index (χ3n) is 1.54. The van der Waals surface area contributed by atoms with E-state index in [9.17, 15) is 5.11 Å². The molecule has 4 nitrogen and oxygen atoms in total. The van der Waals surface area contributed by atoms with Crippen LogP contribution in [-0.4, -0.2) is 5.11 Å². The zero-order valence-electron chi connectivity index (χ0n) is 6.68. The molecule has 0 aliphatic rings. The highest BCUT2D eigenvalue weighted by molar-refractivity contribution is 5.46. The zero-order chi connectivity index (χ0) is 8.97. The van der Waals surface area contributed by atoms with Crippen LogP contribution in [0.3, 0.4) is 0 Å². The average Bonchev–Trinajstić information content (AvgIpc) is 2.05. The summed E-state index contributed by atoms with van der Waals surface area (Å²) in [6, 6.07) is 6.95. The molecule has 0 heterocycles. The van der Waals surface area contributed by atoms with Crippen molar-refractivity contribution in [3.63, 3.8) is 0 Å². The monoisotopic (exact) mass is 163 g/mol. The minimum Gasteiger partial charge on any atom is -0.389 e. The first-order valence-corrected chi connectivity index (χ1v) is 3.58. The van der Waals surface area contributed by atoms with Crippen LogP contribution in [0.2, 0.25) is 0 Å². The molecule has 1 rings (SSSR count). The Morgan fingerprint density at radius 3 is 2.75 bits per heavy atom. The van der Waals surface area contributed by atoms with E-state index < -0.39 is 6.10 Å². The van der Waals surface area contributed by atoms with Gasteiger partial charge in [-0.2, -0.15) is 0 Å². The van der Waals surface area contributed by atoms with Crippen molar-refractivity contribution in [1.29, 1.82) is 0 Å². The van der Waals surface area contributed by atoms with Gasteiger partial charge in [-0.1, -0.05) is 29.4 Å². The molecular formula is C8H9N3O. The van der Waals surface area contributed by atoms with Gasteiger partial charge in [0, 0.05) is 10.6 Å². The summed E-state index contributed by atoms with van der Waals surface area (Å²) >= 11 is 0. The van der Waals surface area contributed by atoms with Gasteiger partial charge in [-0.25, -0.2) is 0 Å². The van der Waals surface area contributed by atoms with E-state index in [0.29, 0.717) is 11.3 Å². The van der Waals surface area contributed by atoms with Crippen LogP contribution >= 0.6 is 0 Å². The molecule has 1 aromatic rings. The average molecular weight is 163 g/mol. The second-order valence-corrected chi connectivity index (χ2v) is 2.42. The summed E-state index contributed by atoms with van der Waals surface area (Å²) in [5, 5.41) is 12.7. The van der Waals surface area contributed by atoms with Gasteiger partial charge in [0.1, 0.15) is 0 Å². The van der Waals surface area contributed by atoms with Crippen molar-refractivity contribution >= 4 is 5.69 Å². The fourth-order valence-electron chi connectivity index (χ4n) is 0.980. The van der Waals surface area contributed by atoms with E-state index >= 15 is 0 Å². The molecule has 0 saturated heterocycles. The minimum atomic E-state index is -0.605. The third kappa shape index (κ3) is 1.75. The predicted octanol–water partition coefficient (Wildman–Crippen LogP) is 2.68. The minimum absolute atomic E-state index is 0.481. The molecule has 4 heteroatoms. The number of hydrogen-bond donors (Lipinski definition) is 1. The summed E-state index contributed by atoms with van der Waals surface area (Å²) in [5.41, 5.74) is 9.33. The van der Waals surface area contributed by atoms with E-state index in [-0.39, 0.29) is 0 Å². The molecule has 1 aromatic carbocycles. The SMILES string of the molecule is CC(O)c1ccccc1N=[N+]=[N-]. The van der Waals surface area contributed by atoms with Gasteiger partial charge in [0.2, 0.25) is 0 Å². The lowest BCUT2D eigenvalue weighted by atomic mass is 10.1. The smallest absolute Gasteiger partial charge is 0.0766 e. The summed E-state index contributed by atoms with van der Waals surface area (Å²) in [4.78, 5) is 2.66. The summed E-state index contributed by atoms with van der Waals surface area (Å²) in [5.74, 6) is 0. The normalized spacial score (nSPS) is 11.8. The van der Waals surface area contributed by atoms with Crippen molar-refractivity contribution in [3.05, 3.63) is 40.3 Å². The maximum atomic E-state index is 9.25. The molecule has 1 N–H and O–H groups in total. The quantitative estimate of drug-likeness (QED) is 0.406. The summed E-state index contributed by atoms with van der Waals surface area (Å²) in [7, 11) is 0. The van der Waals surface area contributed by atoms with E-state index in [1.807, 2.05) is 0 Å². The van der Waals surface area contributed by atoms with Crippen LogP contribution in [0.5, 0.6) is 0 Å². The zero-order valence-corrected chi connectivity index (χ0v) is 6.68. The van der Waals surface area contributed by atoms with Crippen molar-refractivity contribution in [2.45, 2.75) is 13.0 Å². The second kappa shape index (κ2) is 3.76. The number of azide groups is 1. The maximum absolute atomic E-state index is 9.25. The van der Waals surface area contributed by atoms with Gasteiger partial charge in [0.05, 0.1) is 6.10 Å². The topological polar surface area (TPSA) is 69.0 Å². The summed E-state index contributed by atoms with van der Waals surface area (Å²) < 4.78 is 0. The van der Waals surface area contributed by atoms with E-state index in [2.05, 4.69) is 10.0 Å². The van der Waals surface area contributed by atoms with Crippen molar-refractivity contribution in [3.8, 4) is 0 Å². The van der Waals surface area contributed by atoms with Gasteiger partial charge in [0.25, 0.3) is 0 Å². The molecule has 1 unspecified atom stereocenters. The van der Waals surface area contributed by atoms with Gasteiger partial charge in [-0.05, 0) is 18.0 Å². The molecule has 0 fully saturated rings. The molecule has 0 spiro atoms.